The summed E-state index contributed by atoms with van der Waals surface area (Å²) in [4.78, 5) is 15.0. The van der Waals surface area contributed by atoms with Gasteiger partial charge in [0.1, 0.15) is 0 Å². The Balaban J connectivity index is 1.55. The van der Waals surface area contributed by atoms with E-state index in [-0.39, 0.29) is 18.4 Å². The summed E-state index contributed by atoms with van der Waals surface area (Å²) in [5, 5.41) is 25.8. The number of aliphatic hydroxyl groups excluding tert-OH is 1. The first-order chi connectivity index (χ1) is 14.9. The van der Waals surface area contributed by atoms with Gasteiger partial charge < -0.3 is 10.0 Å². The van der Waals surface area contributed by atoms with E-state index in [1.54, 1.807) is 0 Å². The zero-order chi connectivity index (χ0) is 22.1. The maximum atomic E-state index is 13.2. The molecule has 0 aliphatic carbocycles. The molecule has 1 aromatic heterocycles. The second-order valence-corrected chi connectivity index (χ2v) is 8.33. The van der Waals surface area contributed by atoms with Gasteiger partial charge in [-0.15, -0.1) is 0 Å². The van der Waals surface area contributed by atoms with Crippen LogP contribution in [-0.4, -0.2) is 45.8 Å². The summed E-state index contributed by atoms with van der Waals surface area (Å²) < 4.78 is 0. The van der Waals surface area contributed by atoms with Crippen LogP contribution in [0.25, 0.3) is 11.3 Å². The monoisotopic (exact) mass is 434 g/mol. The first-order valence-electron chi connectivity index (χ1n) is 10.2. The molecule has 0 bridgehead atoms. The lowest BCUT2D eigenvalue weighted by Gasteiger charge is -2.40. The van der Waals surface area contributed by atoms with Gasteiger partial charge in [-0.3, -0.25) is 9.89 Å². The highest BCUT2D eigenvalue weighted by atomic mass is 35.5. The highest BCUT2D eigenvalue weighted by Gasteiger charge is 2.33. The SMILES string of the molecule is Cc1cc(C)c(-c2[nH]nc(CCO)c2Cl)cc1C(=O)N1CC(c2ccc(C#N)cc2)C1. The molecule has 0 unspecified atom stereocenters. The quantitative estimate of drug-likeness (QED) is 0.634. The Labute approximate surface area is 186 Å². The fourth-order valence-electron chi connectivity index (χ4n) is 4.02. The number of benzene rings is 2. The summed E-state index contributed by atoms with van der Waals surface area (Å²) in [6.07, 6.45) is 0.372. The molecule has 31 heavy (non-hydrogen) atoms. The van der Waals surface area contributed by atoms with Crippen LogP contribution in [0.1, 0.15) is 44.2 Å². The number of aryl methyl sites for hydroxylation is 2. The minimum atomic E-state index is -0.0318. The number of halogens is 1. The topological polar surface area (TPSA) is 93.0 Å². The highest BCUT2D eigenvalue weighted by molar-refractivity contribution is 6.33. The summed E-state index contributed by atoms with van der Waals surface area (Å²) >= 11 is 6.47. The van der Waals surface area contributed by atoms with Crippen molar-refractivity contribution in [3.05, 3.63) is 74.9 Å². The largest absolute Gasteiger partial charge is 0.396 e. The number of rotatable bonds is 5. The number of aromatic amines is 1. The highest BCUT2D eigenvalue weighted by Crippen LogP contribution is 2.34. The number of hydrogen-bond acceptors (Lipinski definition) is 4. The van der Waals surface area contributed by atoms with Crippen molar-refractivity contribution in [2.24, 2.45) is 0 Å². The van der Waals surface area contributed by atoms with Crippen LogP contribution in [0.2, 0.25) is 5.02 Å². The van der Waals surface area contributed by atoms with Gasteiger partial charge in [0.15, 0.2) is 0 Å². The van der Waals surface area contributed by atoms with Crippen molar-refractivity contribution in [2.75, 3.05) is 19.7 Å². The Morgan fingerprint density at radius 2 is 1.97 bits per heavy atom. The van der Waals surface area contributed by atoms with Crippen LogP contribution >= 0.6 is 11.6 Å². The van der Waals surface area contributed by atoms with Crippen LogP contribution in [-0.2, 0) is 6.42 Å². The van der Waals surface area contributed by atoms with Gasteiger partial charge in [0, 0.05) is 43.2 Å². The Morgan fingerprint density at radius 3 is 2.61 bits per heavy atom. The van der Waals surface area contributed by atoms with Gasteiger partial charge in [-0.1, -0.05) is 29.8 Å². The maximum Gasteiger partial charge on any atom is 0.254 e. The third-order valence-corrected chi connectivity index (χ3v) is 6.28. The first-order valence-corrected chi connectivity index (χ1v) is 10.5. The number of hydrogen-bond donors (Lipinski definition) is 2. The van der Waals surface area contributed by atoms with Crippen molar-refractivity contribution >= 4 is 17.5 Å². The molecule has 7 heteroatoms. The molecule has 3 aromatic rings. The van der Waals surface area contributed by atoms with Crippen LogP contribution in [0.5, 0.6) is 0 Å². The number of aromatic nitrogens is 2. The van der Waals surface area contributed by atoms with E-state index in [1.165, 1.54) is 0 Å². The van der Waals surface area contributed by atoms with E-state index in [2.05, 4.69) is 16.3 Å². The number of likely N-dealkylation sites (tertiary alicyclic amines) is 1. The van der Waals surface area contributed by atoms with Crippen molar-refractivity contribution in [3.63, 3.8) is 0 Å². The molecule has 0 radical (unpaired) electrons. The summed E-state index contributed by atoms with van der Waals surface area (Å²) in [5.41, 5.74) is 6.45. The molecule has 2 heterocycles. The molecule has 4 rings (SSSR count). The number of H-pyrrole nitrogens is 1. The van der Waals surface area contributed by atoms with E-state index in [0.717, 1.165) is 22.3 Å². The third kappa shape index (κ3) is 3.95. The zero-order valence-corrected chi connectivity index (χ0v) is 18.2. The fraction of sp³-hybridized carbons (Fsp3) is 0.292. The Morgan fingerprint density at radius 1 is 1.26 bits per heavy atom. The van der Waals surface area contributed by atoms with Crippen molar-refractivity contribution in [1.29, 1.82) is 5.26 Å². The normalized spacial score (nSPS) is 13.7. The minimum Gasteiger partial charge on any atom is -0.396 e. The van der Waals surface area contributed by atoms with Gasteiger partial charge in [-0.25, -0.2) is 0 Å². The van der Waals surface area contributed by atoms with Gasteiger partial charge >= 0.3 is 0 Å². The molecule has 0 spiro atoms. The molecule has 1 saturated heterocycles. The second-order valence-electron chi connectivity index (χ2n) is 7.96. The summed E-state index contributed by atoms with van der Waals surface area (Å²) in [6.45, 7) is 5.19. The molecule has 0 atom stereocenters. The Bertz CT molecular complexity index is 1170. The average molecular weight is 435 g/mol. The molecule has 2 N–H and O–H groups in total. The molecule has 2 aromatic carbocycles. The fourth-order valence-corrected chi connectivity index (χ4v) is 4.30. The van der Waals surface area contributed by atoms with Crippen molar-refractivity contribution < 1.29 is 9.90 Å². The zero-order valence-electron chi connectivity index (χ0n) is 17.4. The smallest absolute Gasteiger partial charge is 0.254 e. The van der Waals surface area contributed by atoms with Gasteiger partial charge in [-0.2, -0.15) is 10.4 Å². The lowest BCUT2D eigenvalue weighted by atomic mass is 9.89. The molecule has 158 valence electrons. The molecule has 0 saturated carbocycles. The molecular formula is C24H23ClN4O2. The van der Waals surface area contributed by atoms with Crippen molar-refractivity contribution in [2.45, 2.75) is 26.2 Å². The number of carbonyl (C=O) groups is 1. The number of amides is 1. The van der Waals surface area contributed by atoms with Crippen LogP contribution < -0.4 is 0 Å². The summed E-state index contributed by atoms with van der Waals surface area (Å²) in [6, 6.07) is 13.6. The summed E-state index contributed by atoms with van der Waals surface area (Å²) in [7, 11) is 0. The number of nitrogens with one attached hydrogen (secondary N) is 1. The molecule has 1 aliphatic rings. The lowest BCUT2D eigenvalue weighted by Crippen LogP contribution is -2.48. The van der Waals surface area contributed by atoms with E-state index in [9.17, 15) is 9.90 Å². The molecule has 1 fully saturated rings. The van der Waals surface area contributed by atoms with E-state index < -0.39 is 0 Å². The van der Waals surface area contributed by atoms with Crippen molar-refractivity contribution in [3.8, 4) is 17.3 Å². The number of aliphatic hydroxyl groups is 1. The molecular weight excluding hydrogens is 412 g/mol. The Kier molecular flexibility index (Phi) is 5.81. The van der Waals surface area contributed by atoms with E-state index >= 15 is 0 Å². The number of nitrogens with zero attached hydrogens (tertiary/aromatic N) is 3. The maximum absolute atomic E-state index is 13.2. The van der Waals surface area contributed by atoms with Crippen LogP contribution in [0.15, 0.2) is 36.4 Å². The second kappa shape index (κ2) is 8.54. The number of nitriles is 1. The molecule has 1 aliphatic heterocycles. The third-order valence-electron chi connectivity index (χ3n) is 5.88. The predicted octanol–water partition coefficient (Wildman–Crippen LogP) is 3.99. The summed E-state index contributed by atoms with van der Waals surface area (Å²) in [5.74, 6) is 0.278. The molecule has 1 amide bonds. The Hall–Kier alpha value is -3.14. The van der Waals surface area contributed by atoms with E-state index in [0.29, 0.717) is 47.0 Å². The van der Waals surface area contributed by atoms with Gasteiger partial charge in [0.2, 0.25) is 0 Å². The van der Waals surface area contributed by atoms with Gasteiger partial charge in [-0.05, 0) is 48.7 Å². The predicted molar refractivity (Wildman–Crippen MR) is 119 cm³/mol. The van der Waals surface area contributed by atoms with Crippen LogP contribution in [0.3, 0.4) is 0 Å². The first kappa shape index (κ1) is 21.1. The van der Waals surface area contributed by atoms with Crippen LogP contribution in [0, 0.1) is 25.2 Å². The standard InChI is InChI=1S/C24H23ClN4O2/c1-14-9-15(2)20(10-19(14)23-22(25)21(7-8-30)27-28-23)24(31)29-12-18(13-29)17-5-3-16(11-26)4-6-17/h3-6,9-10,18,30H,7-8,12-13H2,1-2H3,(H,27,28). The average Bonchev–Trinajstić information content (AvgIpc) is 3.08. The van der Waals surface area contributed by atoms with E-state index in [1.807, 2.05) is 55.1 Å². The van der Waals surface area contributed by atoms with Gasteiger partial charge in [0.05, 0.1) is 28.0 Å². The minimum absolute atomic E-state index is 0.00476. The van der Waals surface area contributed by atoms with Gasteiger partial charge in [0.25, 0.3) is 5.91 Å². The van der Waals surface area contributed by atoms with E-state index in [4.69, 9.17) is 16.9 Å². The number of carbonyl (C=O) groups excluding carboxylic acids is 1. The van der Waals surface area contributed by atoms with Crippen LogP contribution in [0.4, 0.5) is 0 Å². The molecule has 6 nitrogen and oxygen atoms in total. The van der Waals surface area contributed by atoms with Crippen molar-refractivity contribution in [1.82, 2.24) is 15.1 Å². The lowest BCUT2D eigenvalue weighted by molar-refractivity contribution is 0.0601.